The first kappa shape index (κ1) is 19.6. The van der Waals surface area contributed by atoms with E-state index in [0.29, 0.717) is 32.5 Å². The standard InChI is InChI=1S/C19H25N7O2S/c1-13-5-8-20-25(13)10-7-18(27)22-15-3-4-17-23-26(19(28)24(17)9-6-15)11-16-12-29-14(2)21-16/h5,8,12,15H,3-4,6-7,9-11H2,1-2H3,(H,22,27). The fourth-order valence-corrected chi connectivity index (χ4v) is 4.25. The first-order valence-corrected chi connectivity index (χ1v) is 10.7. The molecule has 1 N–H and O–H groups in total. The number of fused-ring (bicyclic) bond motifs is 1. The summed E-state index contributed by atoms with van der Waals surface area (Å²) in [5, 5.41) is 14.8. The highest BCUT2D eigenvalue weighted by atomic mass is 32.1. The molecule has 9 nitrogen and oxygen atoms in total. The summed E-state index contributed by atoms with van der Waals surface area (Å²) in [6, 6.07) is 1.98. The van der Waals surface area contributed by atoms with Gasteiger partial charge in [-0.25, -0.2) is 14.5 Å². The lowest BCUT2D eigenvalue weighted by atomic mass is 10.1. The van der Waals surface area contributed by atoms with E-state index in [9.17, 15) is 9.59 Å². The third-order valence-corrected chi connectivity index (χ3v) is 6.06. The van der Waals surface area contributed by atoms with Crippen molar-refractivity contribution in [1.29, 1.82) is 0 Å². The summed E-state index contributed by atoms with van der Waals surface area (Å²) < 4.78 is 5.06. The van der Waals surface area contributed by atoms with Crippen LogP contribution in [0.2, 0.25) is 0 Å². The number of aryl methyl sites for hydroxylation is 4. The van der Waals surface area contributed by atoms with Crippen molar-refractivity contribution in [3.8, 4) is 0 Å². The molecule has 1 atom stereocenters. The molecular weight excluding hydrogens is 390 g/mol. The SMILES string of the molecule is Cc1nc(Cn2nc3n(c2=O)CCC(NC(=O)CCn2nccc2C)CC3)cs1. The zero-order chi connectivity index (χ0) is 20.4. The molecule has 10 heteroatoms. The zero-order valence-corrected chi connectivity index (χ0v) is 17.5. The van der Waals surface area contributed by atoms with Crippen LogP contribution in [0.25, 0.3) is 0 Å². The normalized spacial score (nSPS) is 16.4. The van der Waals surface area contributed by atoms with Gasteiger partial charge in [-0.3, -0.25) is 14.0 Å². The number of nitrogens with one attached hydrogen (secondary N) is 1. The van der Waals surface area contributed by atoms with Gasteiger partial charge in [-0.05, 0) is 32.8 Å². The Morgan fingerprint density at radius 1 is 1.31 bits per heavy atom. The molecule has 1 aliphatic rings. The molecule has 0 spiro atoms. The number of carbonyl (C=O) groups is 1. The van der Waals surface area contributed by atoms with Crippen LogP contribution in [0, 0.1) is 13.8 Å². The van der Waals surface area contributed by atoms with Crippen LogP contribution in [0.4, 0.5) is 0 Å². The fourth-order valence-electron chi connectivity index (χ4n) is 3.65. The topological polar surface area (TPSA) is 99.6 Å². The Balaban J connectivity index is 1.33. The van der Waals surface area contributed by atoms with Crippen molar-refractivity contribution < 1.29 is 4.79 Å². The molecule has 0 bridgehead atoms. The number of hydrogen-bond donors (Lipinski definition) is 1. The lowest BCUT2D eigenvalue weighted by Crippen LogP contribution is -2.36. The molecule has 3 aromatic heterocycles. The van der Waals surface area contributed by atoms with Gasteiger partial charge in [0, 0.05) is 49.2 Å². The van der Waals surface area contributed by atoms with Gasteiger partial charge in [0.1, 0.15) is 5.82 Å². The second kappa shape index (κ2) is 8.32. The van der Waals surface area contributed by atoms with Crippen LogP contribution in [0.3, 0.4) is 0 Å². The number of hydrogen-bond acceptors (Lipinski definition) is 6. The minimum absolute atomic E-state index is 0.0146. The maximum Gasteiger partial charge on any atom is 0.346 e. The van der Waals surface area contributed by atoms with E-state index < -0.39 is 0 Å². The highest BCUT2D eigenvalue weighted by molar-refractivity contribution is 7.09. The molecule has 1 unspecified atom stereocenters. The largest absolute Gasteiger partial charge is 0.353 e. The molecule has 0 fully saturated rings. The summed E-state index contributed by atoms with van der Waals surface area (Å²) in [4.78, 5) is 29.4. The van der Waals surface area contributed by atoms with Gasteiger partial charge in [-0.15, -0.1) is 11.3 Å². The first-order valence-electron chi connectivity index (χ1n) is 9.85. The molecule has 0 saturated heterocycles. The van der Waals surface area contributed by atoms with Gasteiger partial charge < -0.3 is 5.32 Å². The number of thiazole rings is 1. The van der Waals surface area contributed by atoms with Crippen LogP contribution < -0.4 is 11.0 Å². The van der Waals surface area contributed by atoms with Gasteiger partial charge in [-0.2, -0.15) is 10.2 Å². The molecule has 4 heterocycles. The van der Waals surface area contributed by atoms with Crippen LogP contribution in [0.15, 0.2) is 22.4 Å². The van der Waals surface area contributed by atoms with Crippen molar-refractivity contribution in [3.05, 3.63) is 50.3 Å². The zero-order valence-electron chi connectivity index (χ0n) is 16.7. The van der Waals surface area contributed by atoms with Crippen molar-refractivity contribution in [2.75, 3.05) is 0 Å². The predicted octanol–water partition coefficient (Wildman–Crippen LogP) is 1.27. The van der Waals surface area contributed by atoms with E-state index in [1.165, 1.54) is 4.68 Å². The summed E-state index contributed by atoms with van der Waals surface area (Å²) in [6.07, 6.45) is 4.30. The second-order valence-corrected chi connectivity index (χ2v) is 8.47. The maximum atomic E-state index is 12.7. The van der Waals surface area contributed by atoms with E-state index in [0.717, 1.165) is 35.1 Å². The molecule has 154 valence electrons. The number of carbonyl (C=O) groups excluding carboxylic acids is 1. The minimum atomic E-state index is -0.105. The molecule has 1 aliphatic heterocycles. The van der Waals surface area contributed by atoms with Crippen molar-refractivity contribution in [2.24, 2.45) is 0 Å². The Morgan fingerprint density at radius 2 is 2.17 bits per heavy atom. The lowest BCUT2D eigenvalue weighted by Gasteiger charge is -2.16. The third kappa shape index (κ3) is 4.47. The quantitative estimate of drug-likeness (QED) is 0.654. The third-order valence-electron chi connectivity index (χ3n) is 5.24. The Morgan fingerprint density at radius 3 is 2.90 bits per heavy atom. The van der Waals surface area contributed by atoms with Gasteiger partial charge in [-0.1, -0.05) is 0 Å². The Hall–Kier alpha value is -2.75. The van der Waals surface area contributed by atoms with Crippen LogP contribution in [0.5, 0.6) is 0 Å². The maximum absolute atomic E-state index is 12.7. The van der Waals surface area contributed by atoms with E-state index >= 15 is 0 Å². The Kier molecular flexibility index (Phi) is 5.61. The van der Waals surface area contributed by atoms with Gasteiger partial charge >= 0.3 is 5.69 Å². The van der Waals surface area contributed by atoms with E-state index in [1.807, 2.05) is 30.0 Å². The average Bonchev–Trinajstić information content (AvgIpc) is 3.33. The molecule has 0 saturated carbocycles. The van der Waals surface area contributed by atoms with Gasteiger partial charge in [0.05, 0.1) is 17.2 Å². The van der Waals surface area contributed by atoms with Gasteiger partial charge in [0.2, 0.25) is 5.91 Å². The van der Waals surface area contributed by atoms with Crippen molar-refractivity contribution in [2.45, 2.75) is 65.2 Å². The number of nitrogens with zero attached hydrogens (tertiary/aromatic N) is 6. The molecule has 1 amide bonds. The van der Waals surface area contributed by atoms with Crippen molar-refractivity contribution >= 4 is 17.2 Å². The summed E-state index contributed by atoms with van der Waals surface area (Å²) in [7, 11) is 0. The van der Waals surface area contributed by atoms with E-state index in [-0.39, 0.29) is 17.6 Å². The van der Waals surface area contributed by atoms with E-state index in [4.69, 9.17) is 0 Å². The van der Waals surface area contributed by atoms with E-state index in [1.54, 1.807) is 22.1 Å². The van der Waals surface area contributed by atoms with Crippen LogP contribution in [-0.2, 0) is 30.8 Å². The summed E-state index contributed by atoms with van der Waals surface area (Å²) >= 11 is 1.57. The van der Waals surface area contributed by atoms with Crippen molar-refractivity contribution in [1.82, 2.24) is 34.4 Å². The molecule has 0 aromatic carbocycles. The number of aromatic nitrogens is 6. The molecule has 0 aliphatic carbocycles. The lowest BCUT2D eigenvalue weighted by molar-refractivity contribution is -0.122. The van der Waals surface area contributed by atoms with Gasteiger partial charge in [0.25, 0.3) is 0 Å². The van der Waals surface area contributed by atoms with Crippen LogP contribution in [0.1, 0.15) is 41.5 Å². The fraction of sp³-hybridized carbons (Fsp3) is 0.526. The first-order chi connectivity index (χ1) is 14.0. The average molecular weight is 416 g/mol. The molecule has 3 aromatic rings. The Bertz CT molecular complexity index is 1060. The highest BCUT2D eigenvalue weighted by Gasteiger charge is 2.22. The molecule has 4 rings (SSSR count). The smallest absolute Gasteiger partial charge is 0.346 e. The highest BCUT2D eigenvalue weighted by Crippen LogP contribution is 2.13. The number of amides is 1. The Labute approximate surface area is 172 Å². The van der Waals surface area contributed by atoms with Crippen LogP contribution in [-0.4, -0.2) is 41.1 Å². The van der Waals surface area contributed by atoms with E-state index in [2.05, 4.69) is 20.5 Å². The molecule has 0 radical (unpaired) electrons. The summed E-state index contributed by atoms with van der Waals surface area (Å²) in [6.45, 7) is 5.45. The van der Waals surface area contributed by atoms with Gasteiger partial charge in [0.15, 0.2) is 0 Å². The predicted molar refractivity (Wildman–Crippen MR) is 109 cm³/mol. The monoisotopic (exact) mass is 415 g/mol. The summed E-state index contributed by atoms with van der Waals surface area (Å²) in [5.41, 5.74) is 1.80. The second-order valence-electron chi connectivity index (χ2n) is 7.40. The van der Waals surface area contributed by atoms with Crippen molar-refractivity contribution in [3.63, 3.8) is 0 Å². The molecular formula is C19H25N7O2S. The molecule has 29 heavy (non-hydrogen) atoms. The summed E-state index contributed by atoms with van der Waals surface area (Å²) in [5.74, 6) is 0.798. The number of rotatable bonds is 6. The van der Waals surface area contributed by atoms with Crippen LogP contribution >= 0.6 is 11.3 Å². The minimum Gasteiger partial charge on any atom is -0.353 e.